The molecule has 7 nitrogen and oxygen atoms in total. The van der Waals surface area contributed by atoms with Gasteiger partial charge in [0.25, 0.3) is 5.91 Å². The lowest BCUT2D eigenvalue weighted by atomic mass is 9.83. The second kappa shape index (κ2) is 12.6. The topological polar surface area (TPSA) is 79.9 Å². The molecule has 0 unspecified atom stereocenters. The Labute approximate surface area is 173 Å². The van der Waals surface area contributed by atoms with Crippen molar-refractivity contribution < 1.29 is 19.1 Å². The average Bonchev–Trinajstić information content (AvgIpc) is 2.66. The van der Waals surface area contributed by atoms with Gasteiger partial charge < -0.3 is 25.0 Å². The van der Waals surface area contributed by atoms with Gasteiger partial charge in [-0.25, -0.2) is 0 Å². The Morgan fingerprint density at radius 2 is 1.89 bits per heavy atom. The monoisotopic (exact) mass is 413 g/mol. The van der Waals surface area contributed by atoms with Crippen LogP contribution in [0.5, 0.6) is 5.75 Å². The Kier molecular flexibility index (Phi) is 10.9. The molecule has 0 spiro atoms. The number of hydrogen-bond acceptors (Lipinski definition) is 5. The highest BCUT2D eigenvalue weighted by Gasteiger charge is 2.34. The molecule has 2 amide bonds. The average molecular weight is 414 g/mol. The normalized spacial score (nSPS) is 21.5. The van der Waals surface area contributed by atoms with Gasteiger partial charge in [0.15, 0.2) is 6.61 Å². The van der Waals surface area contributed by atoms with Gasteiger partial charge >= 0.3 is 0 Å². The predicted octanol–water partition coefficient (Wildman–Crippen LogP) is 1.46. The Bertz CT molecular complexity index is 600. The number of amides is 2. The number of halogens is 1. The molecule has 0 heterocycles. The number of likely N-dealkylation sites (N-methyl/N-ethyl adjacent to an activating group) is 1. The summed E-state index contributed by atoms with van der Waals surface area (Å²) in [5.74, 6) is 0.377. The molecule has 1 saturated carbocycles. The van der Waals surface area contributed by atoms with Gasteiger partial charge in [0.2, 0.25) is 5.91 Å². The number of benzene rings is 1. The molecule has 0 saturated heterocycles. The van der Waals surface area contributed by atoms with Crippen molar-refractivity contribution in [3.05, 3.63) is 30.3 Å². The standard InChI is InChI=1S/C20H31N3O4.ClH/c1-23(2)12-11-21-20(25)15-9-10-18(26-3)17(13-15)22-19(24)14-27-16-7-5-4-6-8-16;/h4-8,15,17-18H,9-14H2,1-3H3,(H,21,25)(H,22,24);1H/t15-,17+,18+;/m0./s1. The van der Waals surface area contributed by atoms with Gasteiger partial charge in [-0.2, -0.15) is 0 Å². The van der Waals surface area contributed by atoms with E-state index in [0.29, 0.717) is 18.7 Å². The van der Waals surface area contributed by atoms with E-state index < -0.39 is 0 Å². The van der Waals surface area contributed by atoms with Crippen LogP contribution in [0.25, 0.3) is 0 Å². The number of ether oxygens (including phenoxy) is 2. The SMILES string of the molecule is CO[C@@H]1CC[C@H](C(=O)NCCN(C)C)C[C@H]1NC(=O)COc1ccccc1.Cl. The fourth-order valence-corrected chi connectivity index (χ4v) is 3.28. The number of methoxy groups -OCH3 is 1. The van der Waals surface area contributed by atoms with E-state index in [1.54, 1.807) is 19.2 Å². The van der Waals surface area contributed by atoms with Crippen LogP contribution >= 0.6 is 12.4 Å². The first-order chi connectivity index (χ1) is 13.0. The maximum absolute atomic E-state index is 12.4. The Morgan fingerprint density at radius 1 is 1.18 bits per heavy atom. The minimum absolute atomic E-state index is 0. The summed E-state index contributed by atoms with van der Waals surface area (Å²) in [6.45, 7) is 1.37. The first-order valence-corrected chi connectivity index (χ1v) is 9.42. The molecule has 2 rings (SSSR count). The third-order valence-corrected chi connectivity index (χ3v) is 4.78. The highest BCUT2D eigenvalue weighted by atomic mass is 35.5. The lowest BCUT2D eigenvalue weighted by molar-refractivity contribution is -0.130. The molecule has 1 fully saturated rings. The van der Waals surface area contributed by atoms with E-state index in [0.717, 1.165) is 19.4 Å². The number of rotatable bonds is 9. The summed E-state index contributed by atoms with van der Waals surface area (Å²) >= 11 is 0. The zero-order valence-corrected chi connectivity index (χ0v) is 17.7. The number of nitrogens with zero attached hydrogens (tertiary/aromatic N) is 1. The van der Waals surface area contributed by atoms with Crippen LogP contribution in [-0.2, 0) is 14.3 Å². The van der Waals surface area contributed by atoms with Crippen LogP contribution in [0.1, 0.15) is 19.3 Å². The Hall–Kier alpha value is -1.83. The van der Waals surface area contributed by atoms with E-state index in [4.69, 9.17) is 9.47 Å². The smallest absolute Gasteiger partial charge is 0.258 e. The minimum atomic E-state index is -0.209. The first-order valence-electron chi connectivity index (χ1n) is 9.42. The second-order valence-electron chi connectivity index (χ2n) is 7.15. The van der Waals surface area contributed by atoms with Crippen molar-refractivity contribution in [3.63, 3.8) is 0 Å². The zero-order chi connectivity index (χ0) is 19.6. The van der Waals surface area contributed by atoms with Gasteiger partial charge in [-0.3, -0.25) is 9.59 Å². The molecule has 0 bridgehead atoms. The molecule has 0 aliphatic heterocycles. The lowest BCUT2D eigenvalue weighted by Gasteiger charge is -2.35. The Morgan fingerprint density at radius 3 is 2.54 bits per heavy atom. The second-order valence-corrected chi connectivity index (χ2v) is 7.15. The maximum atomic E-state index is 12.4. The summed E-state index contributed by atoms with van der Waals surface area (Å²) < 4.78 is 11.0. The molecule has 2 N–H and O–H groups in total. The molecule has 0 radical (unpaired) electrons. The fourth-order valence-electron chi connectivity index (χ4n) is 3.28. The third kappa shape index (κ3) is 8.04. The highest BCUT2D eigenvalue weighted by molar-refractivity contribution is 5.85. The van der Waals surface area contributed by atoms with Crippen molar-refractivity contribution in [3.8, 4) is 5.75 Å². The molecule has 0 aromatic heterocycles. The van der Waals surface area contributed by atoms with Crippen molar-refractivity contribution in [2.45, 2.75) is 31.4 Å². The lowest BCUT2D eigenvalue weighted by Crippen LogP contribution is -2.51. The molecule has 1 aliphatic rings. The van der Waals surface area contributed by atoms with Crippen LogP contribution < -0.4 is 15.4 Å². The van der Waals surface area contributed by atoms with E-state index in [1.165, 1.54) is 0 Å². The summed E-state index contributed by atoms with van der Waals surface area (Å²) in [4.78, 5) is 26.7. The van der Waals surface area contributed by atoms with Gasteiger partial charge in [-0.15, -0.1) is 12.4 Å². The van der Waals surface area contributed by atoms with E-state index in [9.17, 15) is 9.59 Å². The van der Waals surface area contributed by atoms with Gasteiger partial charge in [0.05, 0.1) is 12.1 Å². The van der Waals surface area contributed by atoms with E-state index in [1.807, 2.05) is 37.2 Å². The molecular formula is C20H32ClN3O4. The van der Waals surface area contributed by atoms with Crippen LogP contribution in [0, 0.1) is 5.92 Å². The van der Waals surface area contributed by atoms with Crippen molar-refractivity contribution in [1.29, 1.82) is 0 Å². The summed E-state index contributed by atoms with van der Waals surface area (Å²) in [5.41, 5.74) is 0. The van der Waals surface area contributed by atoms with E-state index in [2.05, 4.69) is 10.6 Å². The number of nitrogens with one attached hydrogen (secondary N) is 2. The molecule has 1 aromatic carbocycles. The number of carbonyl (C=O) groups is 2. The number of carbonyl (C=O) groups excluding carboxylic acids is 2. The summed E-state index contributed by atoms with van der Waals surface area (Å²) in [6, 6.07) is 9.02. The summed E-state index contributed by atoms with van der Waals surface area (Å²) in [5, 5.41) is 5.95. The van der Waals surface area contributed by atoms with Crippen molar-refractivity contribution in [1.82, 2.24) is 15.5 Å². The van der Waals surface area contributed by atoms with Crippen molar-refractivity contribution in [2.24, 2.45) is 5.92 Å². The summed E-state index contributed by atoms with van der Waals surface area (Å²) in [6.07, 6.45) is 1.99. The predicted molar refractivity (Wildman–Crippen MR) is 111 cm³/mol. The zero-order valence-electron chi connectivity index (χ0n) is 16.8. The van der Waals surface area contributed by atoms with Crippen LogP contribution in [0.4, 0.5) is 0 Å². The van der Waals surface area contributed by atoms with Crippen LogP contribution in [0.15, 0.2) is 30.3 Å². The molecule has 1 aliphatic carbocycles. The van der Waals surface area contributed by atoms with Gasteiger partial charge in [-0.1, -0.05) is 18.2 Å². The third-order valence-electron chi connectivity index (χ3n) is 4.78. The molecule has 28 heavy (non-hydrogen) atoms. The van der Waals surface area contributed by atoms with Crippen molar-refractivity contribution >= 4 is 24.2 Å². The van der Waals surface area contributed by atoms with E-state index >= 15 is 0 Å². The highest BCUT2D eigenvalue weighted by Crippen LogP contribution is 2.26. The number of para-hydroxylation sites is 1. The van der Waals surface area contributed by atoms with Gasteiger partial charge in [0, 0.05) is 26.1 Å². The van der Waals surface area contributed by atoms with Gasteiger partial charge in [0.1, 0.15) is 5.75 Å². The van der Waals surface area contributed by atoms with E-state index in [-0.39, 0.29) is 48.9 Å². The molecular weight excluding hydrogens is 382 g/mol. The minimum Gasteiger partial charge on any atom is -0.484 e. The fraction of sp³-hybridized carbons (Fsp3) is 0.600. The summed E-state index contributed by atoms with van der Waals surface area (Å²) in [7, 11) is 5.58. The maximum Gasteiger partial charge on any atom is 0.258 e. The van der Waals surface area contributed by atoms with Gasteiger partial charge in [-0.05, 0) is 45.5 Å². The largest absolute Gasteiger partial charge is 0.484 e. The van der Waals surface area contributed by atoms with Crippen LogP contribution in [0.2, 0.25) is 0 Å². The molecule has 3 atom stereocenters. The van der Waals surface area contributed by atoms with Crippen molar-refractivity contribution in [2.75, 3.05) is 40.9 Å². The van der Waals surface area contributed by atoms with Crippen LogP contribution in [0.3, 0.4) is 0 Å². The Balaban J connectivity index is 0.00000392. The van der Waals surface area contributed by atoms with Crippen LogP contribution in [-0.4, -0.2) is 69.8 Å². The number of hydrogen-bond donors (Lipinski definition) is 2. The molecule has 1 aromatic rings. The molecule has 158 valence electrons. The quantitative estimate of drug-likeness (QED) is 0.640. The molecule has 8 heteroatoms. The first kappa shape index (κ1) is 24.2.